The van der Waals surface area contributed by atoms with Crippen molar-refractivity contribution in [2.24, 2.45) is 0 Å². The molecule has 0 N–H and O–H groups in total. The van der Waals surface area contributed by atoms with E-state index in [-0.39, 0.29) is 18.4 Å². The number of carbonyl (C=O) groups is 1. The normalized spacial score (nSPS) is 11.4. The lowest BCUT2D eigenvalue weighted by Crippen LogP contribution is -2.17. The number of halogens is 1. The van der Waals surface area contributed by atoms with Crippen LogP contribution in [0.5, 0.6) is 0 Å². The molecule has 108 valence electrons. The molecule has 0 saturated heterocycles. The zero-order valence-electron chi connectivity index (χ0n) is 11.8. The Morgan fingerprint density at radius 2 is 2.10 bits per heavy atom. The molecule has 0 saturated carbocycles. The van der Waals surface area contributed by atoms with Crippen LogP contribution < -0.4 is 0 Å². The van der Waals surface area contributed by atoms with E-state index >= 15 is 0 Å². The fourth-order valence-electron chi connectivity index (χ4n) is 2.36. The molecule has 5 nitrogen and oxygen atoms in total. The predicted molar refractivity (Wildman–Crippen MR) is 81.7 cm³/mol. The van der Waals surface area contributed by atoms with Gasteiger partial charge >= 0.3 is 0 Å². The first-order chi connectivity index (χ1) is 10.1. The van der Waals surface area contributed by atoms with Gasteiger partial charge in [-0.25, -0.2) is 4.98 Å². The van der Waals surface area contributed by atoms with Gasteiger partial charge in [-0.15, -0.1) is 0 Å². The number of carbonyl (C=O) groups excluding carboxylic acids is 1. The lowest BCUT2D eigenvalue weighted by Gasteiger charge is -2.11. The summed E-state index contributed by atoms with van der Waals surface area (Å²) >= 11 is 6.11. The molecule has 0 aliphatic heterocycles. The summed E-state index contributed by atoms with van der Waals surface area (Å²) in [6.45, 7) is 4.12. The number of imidazole rings is 1. The molecule has 21 heavy (non-hydrogen) atoms. The third-order valence-corrected chi connectivity index (χ3v) is 3.62. The van der Waals surface area contributed by atoms with Gasteiger partial charge in [-0.1, -0.05) is 23.7 Å². The molecule has 0 aliphatic rings. The monoisotopic (exact) mass is 302 g/mol. The number of aromatic nitrogens is 4. The zero-order chi connectivity index (χ0) is 15.0. The van der Waals surface area contributed by atoms with Crippen molar-refractivity contribution in [2.45, 2.75) is 26.4 Å². The third-order valence-electron chi connectivity index (χ3n) is 3.35. The van der Waals surface area contributed by atoms with E-state index in [1.54, 1.807) is 11.0 Å². The maximum Gasteiger partial charge on any atom is 0.202 e. The number of para-hydroxylation sites is 2. The minimum atomic E-state index is -0.0747. The summed E-state index contributed by atoms with van der Waals surface area (Å²) in [7, 11) is 0. The lowest BCUT2D eigenvalue weighted by atomic mass is 10.2. The number of nitrogens with zero attached hydrogens (tertiary/aromatic N) is 4. The van der Waals surface area contributed by atoms with Crippen molar-refractivity contribution >= 4 is 28.4 Å². The van der Waals surface area contributed by atoms with Crippen molar-refractivity contribution < 1.29 is 4.79 Å². The van der Waals surface area contributed by atoms with Gasteiger partial charge in [0.1, 0.15) is 5.69 Å². The quantitative estimate of drug-likeness (QED) is 0.694. The van der Waals surface area contributed by atoms with E-state index in [0.29, 0.717) is 10.7 Å². The van der Waals surface area contributed by atoms with Crippen molar-refractivity contribution in [1.82, 2.24) is 19.3 Å². The minimum absolute atomic E-state index is 0.0747. The summed E-state index contributed by atoms with van der Waals surface area (Å²) in [4.78, 5) is 16.9. The molecule has 1 aromatic carbocycles. The Hall–Kier alpha value is -2.14. The Morgan fingerprint density at radius 3 is 2.86 bits per heavy atom. The highest BCUT2D eigenvalue weighted by molar-refractivity contribution is 6.33. The molecule has 0 amide bonds. The fourth-order valence-corrected chi connectivity index (χ4v) is 2.60. The Labute approximate surface area is 127 Å². The molecule has 0 spiro atoms. The van der Waals surface area contributed by atoms with E-state index in [0.717, 1.165) is 11.0 Å². The molecule has 0 fully saturated rings. The average Bonchev–Trinajstić information content (AvgIpc) is 3.03. The van der Waals surface area contributed by atoms with Gasteiger partial charge in [0, 0.05) is 6.04 Å². The van der Waals surface area contributed by atoms with Crippen molar-refractivity contribution in [3.8, 4) is 0 Å². The van der Waals surface area contributed by atoms with E-state index in [1.807, 2.05) is 42.7 Å². The first kappa shape index (κ1) is 13.8. The molecule has 0 aliphatic carbocycles. The van der Waals surface area contributed by atoms with E-state index in [4.69, 9.17) is 11.6 Å². The molecule has 0 atom stereocenters. The molecular weight excluding hydrogens is 288 g/mol. The third kappa shape index (κ3) is 2.45. The van der Waals surface area contributed by atoms with Crippen LogP contribution in [0.3, 0.4) is 0 Å². The summed E-state index contributed by atoms with van der Waals surface area (Å²) in [6, 6.07) is 7.79. The van der Waals surface area contributed by atoms with Crippen molar-refractivity contribution in [1.29, 1.82) is 0 Å². The van der Waals surface area contributed by atoms with Crippen LogP contribution in [0.2, 0.25) is 5.02 Å². The number of fused-ring (bicyclic) bond motifs is 1. The molecule has 0 bridgehead atoms. The van der Waals surface area contributed by atoms with Crippen LogP contribution in [-0.4, -0.2) is 25.1 Å². The van der Waals surface area contributed by atoms with Gasteiger partial charge in [-0.2, -0.15) is 5.10 Å². The second kappa shape index (κ2) is 5.33. The SMILES string of the molecule is CC(C)n1ncc(Cl)c1C(=O)Cn1cnc2ccccc21. The van der Waals surface area contributed by atoms with E-state index in [2.05, 4.69) is 10.1 Å². The number of Topliss-reactive ketones (excluding diaryl/α,β-unsaturated/α-hetero) is 1. The van der Waals surface area contributed by atoms with Crippen molar-refractivity contribution in [3.63, 3.8) is 0 Å². The summed E-state index contributed by atoms with van der Waals surface area (Å²) in [5, 5.41) is 4.55. The molecule has 3 rings (SSSR count). The van der Waals surface area contributed by atoms with E-state index in [9.17, 15) is 4.79 Å². The number of rotatable bonds is 4. The van der Waals surface area contributed by atoms with Crippen LogP contribution in [-0.2, 0) is 6.54 Å². The van der Waals surface area contributed by atoms with Gasteiger partial charge in [0.25, 0.3) is 0 Å². The molecule has 0 radical (unpaired) electrons. The van der Waals surface area contributed by atoms with Crippen LogP contribution in [0.25, 0.3) is 11.0 Å². The Kier molecular flexibility index (Phi) is 3.51. The number of hydrogen-bond acceptors (Lipinski definition) is 3. The van der Waals surface area contributed by atoms with Gasteiger partial charge in [0.05, 0.1) is 35.1 Å². The van der Waals surface area contributed by atoms with Gasteiger partial charge in [-0.3, -0.25) is 9.48 Å². The van der Waals surface area contributed by atoms with Crippen molar-refractivity contribution in [2.75, 3.05) is 0 Å². The zero-order valence-corrected chi connectivity index (χ0v) is 12.6. The second-order valence-corrected chi connectivity index (χ2v) is 5.57. The van der Waals surface area contributed by atoms with E-state index in [1.165, 1.54) is 6.20 Å². The Bertz CT molecular complexity index is 803. The lowest BCUT2D eigenvalue weighted by molar-refractivity contribution is 0.0961. The number of ketones is 1. The highest BCUT2D eigenvalue weighted by atomic mass is 35.5. The van der Waals surface area contributed by atoms with Crippen LogP contribution >= 0.6 is 11.6 Å². The predicted octanol–water partition coefficient (Wildman–Crippen LogP) is 3.35. The van der Waals surface area contributed by atoms with Crippen LogP contribution in [0.15, 0.2) is 36.8 Å². The highest BCUT2D eigenvalue weighted by Gasteiger charge is 2.20. The maximum absolute atomic E-state index is 12.6. The highest BCUT2D eigenvalue weighted by Crippen LogP contribution is 2.21. The molecular formula is C15H15ClN4O. The summed E-state index contributed by atoms with van der Waals surface area (Å²) < 4.78 is 3.48. The smallest absolute Gasteiger partial charge is 0.202 e. The molecule has 0 unspecified atom stereocenters. The fraction of sp³-hybridized carbons (Fsp3) is 0.267. The van der Waals surface area contributed by atoms with Crippen LogP contribution in [0.4, 0.5) is 0 Å². The number of hydrogen-bond donors (Lipinski definition) is 0. The molecule has 2 heterocycles. The van der Waals surface area contributed by atoms with Crippen LogP contribution in [0, 0.1) is 0 Å². The first-order valence-electron chi connectivity index (χ1n) is 6.74. The van der Waals surface area contributed by atoms with Gasteiger partial charge in [0.2, 0.25) is 5.78 Å². The van der Waals surface area contributed by atoms with Gasteiger partial charge in [0.15, 0.2) is 0 Å². The average molecular weight is 303 g/mol. The standard InChI is InChI=1S/C15H15ClN4O/c1-10(2)20-15(11(16)7-18-20)14(21)8-19-9-17-12-5-3-4-6-13(12)19/h3-7,9-10H,8H2,1-2H3. The molecule has 3 aromatic rings. The topological polar surface area (TPSA) is 52.7 Å². The Morgan fingerprint density at radius 1 is 1.33 bits per heavy atom. The van der Waals surface area contributed by atoms with Gasteiger partial charge < -0.3 is 4.57 Å². The van der Waals surface area contributed by atoms with Crippen LogP contribution in [0.1, 0.15) is 30.4 Å². The summed E-state index contributed by atoms with van der Waals surface area (Å²) in [5.74, 6) is -0.0747. The molecule has 6 heteroatoms. The van der Waals surface area contributed by atoms with E-state index < -0.39 is 0 Å². The molecule has 2 aromatic heterocycles. The Balaban J connectivity index is 1.95. The van der Waals surface area contributed by atoms with Crippen molar-refractivity contribution in [3.05, 3.63) is 47.5 Å². The number of benzene rings is 1. The van der Waals surface area contributed by atoms with Gasteiger partial charge in [-0.05, 0) is 26.0 Å². The second-order valence-electron chi connectivity index (χ2n) is 5.16. The maximum atomic E-state index is 12.6. The summed E-state index contributed by atoms with van der Waals surface area (Å²) in [5.41, 5.74) is 2.25. The first-order valence-corrected chi connectivity index (χ1v) is 7.12. The summed E-state index contributed by atoms with van der Waals surface area (Å²) in [6.07, 6.45) is 3.19. The largest absolute Gasteiger partial charge is 0.323 e. The minimum Gasteiger partial charge on any atom is -0.323 e.